The van der Waals surface area contributed by atoms with Gasteiger partial charge < -0.3 is 14.8 Å². The van der Waals surface area contributed by atoms with Gasteiger partial charge in [-0.3, -0.25) is 4.79 Å². The van der Waals surface area contributed by atoms with Crippen LogP contribution in [0.25, 0.3) is 0 Å². The minimum absolute atomic E-state index is 0.0768. The molecule has 1 amide bonds. The number of anilines is 1. The van der Waals surface area contributed by atoms with Crippen molar-refractivity contribution in [3.8, 4) is 11.5 Å². The van der Waals surface area contributed by atoms with Crippen LogP contribution in [0.2, 0.25) is 0 Å². The fourth-order valence-electron chi connectivity index (χ4n) is 2.39. The summed E-state index contributed by atoms with van der Waals surface area (Å²) in [5.74, 6) is 1.29. The number of hydrogen-bond acceptors (Lipinski definition) is 3. The molecule has 1 N–H and O–H groups in total. The Morgan fingerprint density at radius 3 is 2.73 bits per heavy atom. The largest absolute Gasteiger partial charge is 0.454 e. The smallest absolute Gasteiger partial charge is 0.290 e. The average Bonchev–Trinajstić information content (AvgIpc) is 2.97. The highest BCUT2D eigenvalue weighted by molar-refractivity contribution is 5.90. The van der Waals surface area contributed by atoms with Crippen molar-refractivity contribution in [3.63, 3.8) is 0 Å². The van der Waals surface area contributed by atoms with Crippen LogP contribution in [0.1, 0.15) is 18.9 Å². The second-order valence-electron chi connectivity index (χ2n) is 5.24. The van der Waals surface area contributed by atoms with Gasteiger partial charge in [-0.25, -0.2) is 0 Å². The van der Waals surface area contributed by atoms with Crippen LogP contribution < -0.4 is 19.4 Å². The zero-order valence-electron chi connectivity index (χ0n) is 12.5. The first-order chi connectivity index (χ1) is 10.7. The average molecular weight is 299 g/mol. The molecule has 0 atom stereocenters. The molecule has 1 aliphatic rings. The number of aromatic nitrogens is 1. The molecule has 0 radical (unpaired) electrons. The molecule has 1 aliphatic heterocycles. The van der Waals surface area contributed by atoms with Crippen LogP contribution in [0.3, 0.4) is 0 Å². The van der Waals surface area contributed by atoms with Gasteiger partial charge in [0.25, 0.3) is 5.91 Å². The van der Waals surface area contributed by atoms with E-state index in [0.29, 0.717) is 17.2 Å². The van der Waals surface area contributed by atoms with E-state index in [1.807, 2.05) is 17.0 Å². The van der Waals surface area contributed by atoms with E-state index in [-0.39, 0.29) is 19.2 Å². The zero-order valence-corrected chi connectivity index (χ0v) is 12.5. The fraction of sp³-hybridized carbons (Fsp3) is 0.294. The van der Waals surface area contributed by atoms with Crippen LogP contribution >= 0.6 is 0 Å². The summed E-state index contributed by atoms with van der Waals surface area (Å²) in [6.07, 6.45) is 6.05. The summed E-state index contributed by atoms with van der Waals surface area (Å²) in [5, 5.41) is 2.86. The minimum Gasteiger partial charge on any atom is -0.454 e. The number of rotatable bonds is 5. The molecule has 5 heteroatoms. The van der Waals surface area contributed by atoms with Crippen LogP contribution in [0.4, 0.5) is 5.69 Å². The van der Waals surface area contributed by atoms with E-state index in [1.54, 1.807) is 18.2 Å². The van der Waals surface area contributed by atoms with Crippen molar-refractivity contribution in [2.24, 2.45) is 0 Å². The number of ether oxygens (including phenoxy) is 2. The molecule has 1 aromatic carbocycles. The first-order valence-electron chi connectivity index (χ1n) is 7.42. The van der Waals surface area contributed by atoms with Gasteiger partial charge in [-0.15, -0.1) is 0 Å². The highest BCUT2D eigenvalue weighted by Crippen LogP contribution is 2.34. The van der Waals surface area contributed by atoms with Gasteiger partial charge in [0.15, 0.2) is 23.9 Å². The number of nitrogens with one attached hydrogen (secondary N) is 1. The number of carbonyl (C=O) groups is 1. The molecule has 114 valence electrons. The summed E-state index contributed by atoms with van der Waals surface area (Å²) in [6.45, 7) is 2.66. The van der Waals surface area contributed by atoms with Crippen molar-refractivity contribution >= 4 is 11.6 Å². The fourth-order valence-corrected chi connectivity index (χ4v) is 2.39. The first-order valence-corrected chi connectivity index (χ1v) is 7.42. The number of fused-ring (bicyclic) bond motifs is 1. The van der Waals surface area contributed by atoms with Crippen molar-refractivity contribution in [1.82, 2.24) is 0 Å². The highest BCUT2D eigenvalue weighted by atomic mass is 16.7. The molecular weight excluding hydrogens is 280 g/mol. The summed E-state index contributed by atoms with van der Waals surface area (Å²) in [6, 6.07) is 9.48. The molecule has 2 aromatic rings. The maximum atomic E-state index is 12.1. The van der Waals surface area contributed by atoms with Crippen molar-refractivity contribution in [3.05, 3.63) is 48.3 Å². The van der Waals surface area contributed by atoms with Gasteiger partial charge in [-0.1, -0.05) is 13.3 Å². The number of nitrogens with zero attached hydrogens (tertiary/aromatic N) is 1. The monoisotopic (exact) mass is 299 g/mol. The Morgan fingerprint density at radius 2 is 1.95 bits per heavy atom. The Morgan fingerprint density at radius 1 is 1.18 bits per heavy atom. The molecule has 0 bridgehead atoms. The Balaban J connectivity index is 1.60. The number of pyridine rings is 1. The minimum atomic E-state index is -0.0768. The van der Waals surface area contributed by atoms with Crippen LogP contribution in [0.5, 0.6) is 11.5 Å². The molecule has 2 heterocycles. The Hall–Kier alpha value is -2.56. The molecule has 0 saturated heterocycles. The molecular formula is C17H19N2O3+. The SMILES string of the molecule is CCCc1cc[n+](CC(=O)Nc2ccc3c(c2)OCO3)cc1. The Kier molecular flexibility index (Phi) is 4.23. The normalized spacial score (nSPS) is 12.2. The van der Waals surface area contributed by atoms with E-state index in [2.05, 4.69) is 24.4 Å². The molecule has 0 aliphatic carbocycles. The number of aryl methyl sites for hydroxylation is 1. The van der Waals surface area contributed by atoms with E-state index in [0.717, 1.165) is 12.8 Å². The van der Waals surface area contributed by atoms with E-state index < -0.39 is 0 Å². The lowest BCUT2D eigenvalue weighted by Gasteiger charge is -2.04. The van der Waals surface area contributed by atoms with E-state index in [1.165, 1.54) is 5.56 Å². The maximum absolute atomic E-state index is 12.1. The highest BCUT2D eigenvalue weighted by Gasteiger charge is 2.15. The second-order valence-corrected chi connectivity index (χ2v) is 5.24. The predicted octanol–water partition coefficient (Wildman–Crippen LogP) is 2.29. The van der Waals surface area contributed by atoms with Gasteiger partial charge in [0.1, 0.15) is 0 Å². The molecule has 0 fully saturated rings. The summed E-state index contributed by atoms with van der Waals surface area (Å²) < 4.78 is 12.4. The molecule has 3 rings (SSSR count). The van der Waals surface area contributed by atoms with Crippen molar-refractivity contribution < 1.29 is 18.8 Å². The lowest BCUT2D eigenvalue weighted by molar-refractivity contribution is -0.684. The Bertz CT molecular complexity index is 668. The third kappa shape index (κ3) is 3.36. The van der Waals surface area contributed by atoms with Crippen LogP contribution in [0, 0.1) is 0 Å². The van der Waals surface area contributed by atoms with Crippen molar-refractivity contribution in [1.29, 1.82) is 0 Å². The summed E-state index contributed by atoms with van der Waals surface area (Å²) in [5.41, 5.74) is 1.99. The third-order valence-electron chi connectivity index (χ3n) is 3.48. The zero-order chi connectivity index (χ0) is 15.4. The first kappa shape index (κ1) is 14.4. The molecule has 0 spiro atoms. The van der Waals surface area contributed by atoms with Crippen LogP contribution in [0.15, 0.2) is 42.7 Å². The lowest BCUT2D eigenvalue weighted by Crippen LogP contribution is -2.39. The Labute approximate surface area is 129 Å². The summed E-state index contributed by atoms with van der Waals surface area (Å²) in [7, 11) is 0. The number of hydrogen-bond donors (Lipinski definition) is 1. The van der Waals surface area contributed by atoms with E-state index >= 15 is 0 Å². The molecule has 22 heavy (non-hydrogen) atoms. The quantitative estimate of drug-likeness (QED) is 0.862. The lowest BCUT2D eigenvalue weighted by atomic mass is 10.2. The van der Waals surface area contributed by atoms with Crippen LogP contribution in [-0.4, -0.2) is 12.7 Å². The van der Waals surface area contributed by atoms with Gasteiger partial charge in [0.05, 0.1) is 0 Å². The number of benzene rings is 1. The maximum Gasteiger partial charge on any atom is 0.290 e. The van der Waals surface area contributed by atoms with Gasteiger partial charge in [0, 0.05) is 23.9 Å². The summed E-state index contributed by atoms with van der Waals surface area (Å²) >= 11 is 0. The predicted molar refractivity (Wildman–Crippen MR) is 81.8 cm³/mol. The molecule has 0 unspecified atom stereocenters. The van der Waals surface area contributed by atoms with Crippen molar-refractivity contribution in [2.75, 3.05) is 12.1 Å². The molecule has 1 aromatic heterocycles. The number of amides is 1. The van der Waals surface area contributed by atoms with Gasteiger partial charge >= 0.3 is 0 Å². The topological polar surface area (TPSA) is 51.4 Å². The van der Waals surface area contributed by atoms with Gasteiger partial charge in [-0.2, -0.15) is 4.57 Å². The second kappa shape index (κ2) is 6.47. The third-order valence-corrected chi connectivity index (χ3v) is 3.48. The summed E-state index contributed by atoms with van der Waals surface area (Å²) in [4.78, 5) is 12.1. The number of carbonyl (C=O) groups excluding carboxylic acids is 1. The van der Waals surface area contributed by atoms with Crippen LogP contribution in [-0.2, 0) is 17.8 Å². The van der Waals surface area contributed by atoms with Gasteiger partial charge in [-0.05, 0) is 24.1 Å². The standard InChI is InChI=1S/C17H18N2O3/c1-2-3-13-6-8-19(9-7-13)11-17(20)18-14-4-5-15-16(10-14)22-12-21-15/h4-10H,2-3,11-12H2,1H3/p+1. The van der Waals surface area contributed by atoms with E-state index in [9.17, 15) is 4.79 Å². The van der Waals surface area contributed by atoms with Crippen molar-refractivity contribution in [2.45, 2.75) is 26.3 Å². The van der Waals surface area contributed by atoms with Gasteiger partial charge in [0.2, 0.25) is 13.3 Å². The molecule has 5 nitrogen and oxygen atoms in total. The molecule has 0 saturated carbocycles. The van der Waals surface area contributed by atoms with E-state index in [4.69, 9.17) is 9.47 Å².